The Bertz CT molecular complexity index is 1330. The summed E-state index contributed by atoms with van der Waals surface area (Å²) < 4.78 is 1.99. The van der Waals surface area contributed by atoms with E-state index < -0.39 is 12.1 Å². The first-order chi connectivity index (χ1) is 22.8. The van der Waals surface area contributed by atoms with Crippen LogP contribution < -0.4 is 5.32 Å². The zero-order valence-corrected chi connectivity index (χ0v) is 28.2. The summed E-state index contributed by atoms with van der Waals surface area (Å²) in [7, 11) is 0. The maximum absolute atomic E-state index is 14.3. The van der Waals surface area contributed by atoms with E-state index in [2.05, 4.69) is 20.3 Å². The molecule has 47 heavy (non-hydrogen) atoms. The van der Waals surface area contributed by atoms with E-state index in [0.717, 1.165) is 63.7 Å². The maximum atomic E-state index is 14.3. The zero-order valence-electron chi connectivity index (χ0n) is 27.4. The van der Waals surface area contributed by atoms with Crippen LogP contribution in [0.15, 0.2) is 36.9 Å². The molecule has 4 aliphatic rings. The van der Waals surface area contributed by atoms with Gasteiger partial charge in [0.1, 0.15) is 18.7 Å². The van der Waals surface area contributed by atoms with Crippen LogP contribution in [0.4, 0.5) is 4.79 Å². The summed E-state index contributed by atoms with van der Waals surface area (Å²) in [5.74, 6) is 0.695. The smallest absolute Gasteiger partial charge is 0.407 e. The van der Waals surface area contributed by atoms with Crippen molar-refractivity contribution >= 4 is 29.5 Å². The van der Waals surface area contributed by atoms with E-state index in [0.29, 0.717) is 43.4 Å². The number of halogens is 1. The van der Waals surface area contributed by atoms with Crippen molar-refractivity contribution in [1.82, 2.24) is 34.8 Å². The average Bonchev–Trinajstić information content (AvgIpc) is 3.62. The number of nitrogens with one attached hydrogen (secondary N) is 1. The lowest BCUT2D eigenvalue weighted by Crippen LogP contribution is -2.58. The molecule has 1 aromatic carbocycles. The lowest BCUT2D eigenvalue weighted by molar-refractivity contribution is -0.140. The van der Waals surface area contributed by atoms with Crippen LogP contribution in [0, 0.1) is 11.3 Å². The Kier molecular flexibility index (Phi) is 11.0. The number of carboxylic acid groups (broad SMARTS) is 1. The summed E-state index contributed by atoms with van der Waals surface area (Å²) in [5, 5.41) is 18.5. The molecule has 3 aliphatic heterocycles. The minimum atomic E-state index is -1.02. The minimum Gasteiger partial charge on any atom is -0.465 e. The van der Waals surface area contributed by atoms with Gasteiger partial charge in [0.05, 0.1) is 6.04 Å². The van der Waals surface area contributed by atoms with Gasteiger partial charge in [-0.05, 0) is 93.2 Å². The fraction of sp³-hybridized carbons (Fsp3) is 0.686. The largest absolute Gasteiger partial charge is 0.465 e. The van der Waals surface area contributed by atoms with Gasteiger partial charge in [0, 0.05) is 50.3 Å². The monoisotopic (exact) mass is 667 g/mol. The van der Waals surface area contributed by atoms with Crippen LogP contribution in [0.1, 0.15) is 82.6 Å². The van der Waals surface area contributed by atoms with Gasteiger partial charge in [-0.3, -0.25) is 19.2 Å². The predicted octanol–water partition coefficient (Wildman–Crippen LogP) is 4.85. The molecule has 2 N–H and O–H groups in total. The zero-order chi connectivity index (χ0) is 32.8. The van der Waals surface area contributed by atoms with Gasteiger partial charge < -0.3 is 20.2 Å². The van der Waals surface area contributed by atoms with Crippen LogP contribution >= 0.6 is 11.6 Å². The highest BCUT2D eigenvalue weighted by atomic mass is 35.5. The number of amides is 3. The molecule has 0 radical (unpaired) electrons. The van der Waals surface area contributed by atoms with Gasteiger partial charge >= 0.3 is 6.09 Å². The summed E-state index contributed by atoms with van der Waals surface area (Å²) in [6, 6.07) is 6.84. The van der Waals surface area contributed by atoms with Crippen LogP contribution in [0.2, 0.25) is 5.02 Å². The number of nitrogens with zero attached hydrogens (tertiary/aromatic N) is 6. The molecule has 11 nitrogen and oxygen atoms in total. The molecule has 0 bridgehead atoms. The molecular weight excluding hydrogens is 618 g/mol. The van der Waals surface area contributed by atoms with Crippen molar-refractivity contribution < 1.29 is 19.5 Å². The van der Waals surface area contributed by atoms with Gasteiger partial charge in [-0.25, -0.2) is 9.78 Å². The SMILES string of the molecule is O=C([C@@H](Cc1ccc(Cl)cc1)NC1CCN(C(=O)[C@@H]2CCCCN2C(=O)O)CC1)N1CCC(Cn2cncn2)(C2CCCCC2)CC1. The number of piperidine rings is 3. The average molecular weight is 668 g/mol. The van der Waals surface area contributed by atoms with Crippen molar-refractivity contribution in [2.45, 2.75) is 108 Å². The van der Waals surface area contributed by atoms with Crippen molar-refractivity contribution in [2.75, 3.05) is 32.7 Å². The number of likely N-dealkylation sites (tertiary alicyclic amines) is 3. The third-order valence-electron chi connectivity index (χ3n) is 11.4. The molecule has 6 rings (SSSR count). The highest BCUT2D eigenvalue weighted by Crippen LogP contribution is 2.47. The van der Waals surface area contributed by atoms with E-state index >= 15 is 0 Å². The normalized spacial score (nSPS) is 23.4. The molecule has 2 aromatic rings. The predicted molar refractivity (Wildman–Crippen MR) is 179 cm³/mol. The third kappa shape index (κ3) is 8.11. The summed E-state index contributed by atoms with van der Waals surface area (Å²) in [6.45, 7) is 3.84. The number of rotatable bonds is 9. The summed E-state index contributed by atoms with van der Waals surface area (Å²) in [5.41, 5.74) is 1.18. The number of benzene rings is 1. The van der Waals surface area contributed by atoms with Gasteiger partial charge in [-0.2, -0.15) is 5.10 Å². The topological polar surface area (TPSA) is 124 Å². The van der Waals surface area contributed by atoms with Crippen molar-refractivity contribution in [3.05, 3.63) is 47.5 Å². The fourth-order valence-electron chi connectivity index (χ4n) is 8.69. The molecule has 4 heterocycles. The van der Waals surface area contributed by atoms with Crippen LogP contribution in [0.3, 0.4) is 0 Å². The minimum absolute atomic E-state index is 0.0833. The Morgan fingerprint density at radius 3 is 2.26 bits per heavy atom. The second kappa shape index (κ2) is 15.4. The Labute approximate surface area is 283 Å². The molecule has 3 amide bonds. The van der Waals surface area contributed by atoms with E-state index in [1.807, 2.05) is 40.2 Å². The Morgan fingerprint density at radius 2 is 1.60 bits per heavy atom. The second-order valence-corrected chi connectivity index (χ2v) is 14.7. The van der Waals surface area contributed by atoms with Crippen LogP contribution in [-0.4, -0.2) is 103 Å². The number of aromatic nitrogens is 3. The van der Waals surface area contributed by atoms with Crippen LogP contribution in [-0.2, 0) is 22.6 Å². The summed E-state index contributed by atoms with van der Waals surface area (Å²) in [6.07, 6.45) is 15.0. The van der Waals surface area contributed by atoms with E-state index in [9.17, 15) is 19.5 Å². The molecule has 1 aliphatic carbocycles. The molecule has 0 unspecified atom stereocenters. The lowest BCUT2D eigenvalue weighted by Gasteiger charge is -2.48. The summed E-state index contributed by atoms with van der Waals surface area (Å²) >= 11 is 6.18. The quantitative estimate of drug-likeness (QED) is 0.392. The van der Waals surface area contributed by atoms with Crippen molar-refractivity contribution in [3.8, 4) is 0 Å². The second-order valence-electron chi connectivity index (χ2n) is 14.3. The first-order valence-electron chi connectivity index (χ1n) is 17.7. The highest BCUT2D eigenvalue weighted by molar-refractivity contribution is 6.30. The van der Waals surface area contributed by atoms with Gasteiger partial charge in [-0.15, -0.1) is 0 Å². The van der Waals surface area contributed by atoms with E-state index in [4.69, 9.17) is 11.6 Å². The van der Waals surface area contributed by atoms with Crippen LogP contribution in [0.25, 0.3) is 0 Å². The van der Waals surface area contributed by atoms with Gasteiger partial charge in [0.15, 0.2) is 0 Å². The van der Waals surface area contributed by atoms with Gasteiger partial charge in [0.2, 0.25) is 11.8 Å². The fourth-order valence-corrected chi connectivity index (χ4v) is 8.82. The van der Waals surface area contributed by atoms with Gasteiger partial charge in [-0.1, -0.05) is 43.0 Å². The molecule has 2 atom stereocenters. The Balaban J connectivity index is 1.11. The van der Waals surface area contributed by atoms with Crippen LogP contribution in [0.5, 0.6) is 0 Å². The van der Waals surface area contributed by atoms with E-state index in [1.54, 1.807) is 6.33 Å². The standard InChI is InChI=1S/C35H50ClN7O4/c36-28-11-9-26(10-12-28)22-30(39-29-13-18-40(19-14-29)33(45)31-8-4-5-17-43(31)34(46)47)32(44)41-20-15-35(16-21-41,23-42-25-37-24-38-42)27-6-2-1-3-7-27/h9-12,24-25,27,29-31,39H,1-8,13-23H2,(H,46,47)/t30-,31+/m1/s1. The molecule has 3 saturated heterocycles. The Hall–Kier alpha value is -3.18. The van der Waals surface area contributed by atoms with Crippen molar-refractivity contribution in [2.24, 2.45) is 11.3 Å². The first-order valence-corrected chi connectivity index (χ1v) is 18.1. The van der Waals surface area contributed by atoms with Gasteiger partial charge in [0.25, 0.3) is 0 Å². The number of carbonyl (C=O) groups is 3. The van der Waals surface area contributed by atoms with E-state index in [1.165, 1.54) is 37.0 Å². The number of hydrogen-bond acceptors (Lipinski definition) is 6. The van der Waals surface area contributed by atoms with Crippen molar-refractivity contribution in [1.29, 1.82) is 0 Å². The Morgan fingerprint density at radius 1 is 0.894 bits per heavy atom. The van der Waals surface area contributed by atoms with E-state index in [-0.39, 0.29) is 29.3 Å². The first kappa shape index (κ1) is 33.7. The molecule has 1 saturated carbocycles. The maximum Gasteiger partial charge on any atom is 0.407 e. The molecule has 0 spiro atoms. The molecular formula is C35H50ClN7O4. The van der Waals surface area contributed by atoms with Crippen molar-refractivity contribution in [3.63, 3.8) is 0 Å². The third-order valence-corrected chi connectivity index (χ3v) is 11.7. The molecule has 4 fully saturated rings. The molecule has 256 valence electrons. The summed E-state index contributed by atoms with van der Waals surface area (Å²) in [4.78, 5) is 48.9. The number of carbonyl (C=O) groups excluding carboxylic acids is 2. The molecule has 12 heteroatoms. The lowest BCUT2D eigenvalue weighted by atomic mass is 9.63. The highest BCUT2D eigenvalue weighted by Gasteiger charge is 2.44. The molecule has 1 aromatic heterocycles. The number of hydrogen-bond donors (Lipinski definition) is 2.